The fourth-order valence-corrected chi connectivity index (χ4v) is 6.27. The van der Waals surface area contributed by atoms with Crippen LogP contribution in [0.25, 0.3) is 6.08 Å². The van der Waals surface area contributed by atoms with Crippen LogP contribution in [0.2, 0.25) is 0 Å². The molecule has 1 atom stereocenters. The monoisotopic (exact) mass is 453 g/mol. The van der Waals surface area contributed by atoms with Crippen LogP contribution < -0.4 is 9.47 Å². The van der Waals surface area contributed by atoms with Crippen LogP contribution in [0, 0.1) is 0 Å². The van der Waals surface area contributed by atoms with E-state index in [0.717, 1.165) is 11.1 Å². The largest absolute Gasteiger partial charge is 0.478 e. The zero-order valence-electron chi connectivity index (χ0n) is 18.6. The number of ether oxygens (including phenoxy) is 2. The Morgan fingerprint density at radius 1 is 1.09 bits per heavy atom. The first-order chi connectivity index (χ1) is 15.1. The molecule has 0 saturated carbocycles. The fourth-order valence-electron chi connectivity index (χ4n) is 4.50. The van der Waals surface area contributed by atoms with Gasteiger partial charge in [0.25, 0.3) is 0 Å². The van der Waals surface area contributed by atoms with Crippen molar-refractivity contribution >= 4 is 21.7 Å². The van der Waals surface area contributed by atoms with Crippen LogP contribution in [0.4, 0.5) is 0 Å². The van der Waals surface area contributed by atoms with Gasteiger partial charge in [-0.05, 0) is 41.2 Å². The number of hydrogen-bond acceptors (Lipinski definition) is 6. The van der Waals surface area contributed by atoms with E-state index in [9.17, 15) is 13.2 Å². The van der Waals surface area contributed by atoms with Crippen molar-refractivity contribution in [2.75, 3.05) is 18.2 Å². The van der Waals surface area contributed by atoms with E-state index in [2.05, 4.69) is 32.9 Å². The van der Waals surface area contributed by atoms with E-state index in [-0.39, 0.29) is 34.5 Å². The van der Waals surface area contributed by atoms with Crippen molar-refractivity contribution in [1.82, 2.24) is 4.90 Å². The predicted octanol–water partition coefficient (Wildman–Crippen LogP) is 3.94. The van der Waals surface area contributed by atoms with Gasteiger partial charge >= 0.3 is 0 Å². The van der Waals surface area contributed by atoms with Crippen molar-refractivity contribution in [2.45, 2.75) is 45.2 Å². The summed E-state index contributed by atoms with van der Waals surface area (Å²) >= 11 is 0. The molecule has 3 aliphatic rings. The molecular formula is C25H27NO5S. The number of hydrogen-bond donors (Lipinski definition) is 0. The number of carbonyl (C=O) groups is 1. The van der Waals surface area contributed by atoms with Gasteiger partial charge in [0.05, 0.1) is 22.6 Å². The minimum atomic E-state index is -2.99. The Balaban J connectivity index is 1.41. The average Bonchev–Trinajstić information content (AvgIpc) is 3.27. The van der Waals surface area contributed by atoms with Crippen LogP contribution >= 0.6 is 0 Å². The highest BCUT2D eigenvalue weighted by molar-refractivity contribution is 7.91. The van der Waals surface area contributed by atoms with Crippen molar-refractivity contribution in [3.8, 4) is 11.5 Å². The molecule has 0 aliphatic carbocycles. The first kappa shape index (κ1) is 21.2. The molecule has 3 aliphatic heterocycles. The number of rotatable bonds is 2. The maximum atomic E-state index is 13.0. The van der Waals surface area contributed by atoms with Gasteiger partial charge in [0, 0.05) is 12.6 Å². The molecule has 3 heterocycles. The lowest BCUT2D eigenvalue weighted by atomic mass is 9.86. The zero-order chi connectivity index (χ0) is 22.7. The summed E-state index contributed by atoms with van der Waals surface area (Å²) in [5.74, 6) is 1.71. The van der Waals surface area contributed by atoms with E-state index in [0.29, 0.717) is 36.8 Å². The quantitative estimate of drug-likeness (QED) is 0.642. The summed E-state index contributed by atoms with van der Waals surface area (Å²) in [6.07, 6.45) is 2.37. The molecular weight excluding hydrogens is 426 g/mol. The van der Waals surface area contributed by atoms with Crippen molar-refractivity contribution in [2.24, 2.45) is 0 Å². The smallest absolute Gasteiger partial charge is 0.231 e. The van der Waals surface area contributed by atoms with Gasteiger partial charge in [-0.15, -0.1) is 0 Å². The van der Waals surface area contributed by atoms with Crippen LogP contribution in [0.1, 0.15) is 54.2 Å². The summed E-state index contributed by atoms with van der Waals surface area (Å²) in [7, 11) is -2.99. The molecule has 0 amide bonds. The standard InChI is InChI=1S/C25H27NO5S/c1-25(2,3)17-6-4-16(5-7-17)12-22-23(27)19-8-9-21-20(24(19)31-22)13-26(15-30-21)18-10-11-32(28,29)14-18/h4-9,12,18H,10-11,13-15H2,1-3H3/b22-12+. The van der Waals surface area contributed by atoms with Crippen LogP contribution in [-0.4, -0.2) is 43.4 Å². The maximum absolute atomic E-state index is 13.0. The molecule has 2 aromatic carbocycles. The summed E-state index contributed by atoms with van der Waals surface area (Å²) in [6, 6.07) is 11.6. The van der Waals surface area contributed by atoms with E-state index in [1.165, 1.54) is 5.56 Å². The number of benzene rings is 2. The van der Waals surface area contributed by atoms with Gasteiger partial charge in [-0.1, -0.05) is 45.0 Å². The Kier molecular flexibility index (Phi) is 4.94. The molecule has 32 heavy (non-hydrogen) atoms. The third-order valence-corrected chi connectivity index (χ3v) is 8.19. The molecule has 1 unspecified atom stereocenters. The van der Waals surface area contributed by atoms with Crippen molar-refractivity contribution in [1.29, 1.82) is 0 Å². The summed E-state index contributed by atoms with van der Waals surface area (Å²) in [4.78, 5) is 15.0. The minimum absolute atomic E-state index is 0.0607. The zero-order valence-corrected chi connectivity index (χ0v) is 19.4. The average molecular weight is 454 g/mol. The van der Waals surface area contributed by atoms with Gasteiger partial charge in [0.1, 0.15) is 18.2 Å². The van der Waals surface area contributed by atoms with E-state index in [1.807, 2.05) is 17.0 Å². The topological polar surface area (TPSA) is 72.9 Å². The number of ketones is 1. The molecule has 6 nitrogen and oxygen atoms in total. The number of fused-ring (bicyclic) bond motifs is 3. The second-order valence-electron chi connectivity index (χ2n) is 9.81. The molecule has 0 aromatic heterocycles. The molecule has 1 fully saturated rings. The Morgan fingerprint density at radius 2 is 1.84 bits per heavy atom. The predicted molar refractivity (Wildman–Crippen MR) is 123 cm³/mol. The summed E-state index contributed by atoms with van der Waals surface area (Å²) < 4.78 is 35.8. The number of Topliss-reactive ketones (excluding diaryl/α,β-unsaturated/α-hetero) is 1. The lowest BCUT2D eigenvalue weighted by Crippen LogP contribution is -2.41. The van der Waals surface area contributed by atoms with Crippen LogP contribution in [0.15, 0.2) is 42.2 Å². The van der Waals surface area contributed by atoms with Crippen molar-refractivity contribution in [3.05, 3.63) is 64.4 Å². The van der Waals surface area contributed by atoms with Gasteiger partial charge in [-0.25, -0.2) is 8.42 Å². The first-order valence-electron chi connectivity index (χ1n) is 10.9. The highest BCUT2D eigenvalue weighted by Gasteiger charge is 2.38. The Hall–Kier alpha value is -2.64. The lowest BCUT2D eigenvalue weighted by molar-refractivity contribution is 0.0634. The van der Waals surface area contributed by atoms with Gasteiger partial charge in [-0.3, -0.25) is 9.69 Å². The second-order valence-corrected chi connectivity index (χ2v) is 12.0. The van der Waals surface area contributed by atoms with E-state index in [1.54, 1.807) is 18.2 Å². The lowest BCUT2D eigenvalue weighted by Gasteiger charge is -2.33. The summed E-state index contributed by atoms with van der Waals surface area (Å²) in [5.41, 5.74) is 3.51. The number of nitrogens with zero attached hydrogens (tertiary/aromatic N) is 1. The SMILES string of the molecule is CC(C)(C)c1ccc(/C=C2/Oc3c(ccc4c3CN(C3CCS(=O)(=O)C3)CO4)C2=O)cc1. The molecule has 1 saturated heterocycles. The van der Waals surface area contributed by atoms with Gasteiger partial charge < -0.3 is 9.47 Å². The molecule has 7 heteroatoms. The number of allylic oxidation sites excluding steroid dienone is 1. The molecule has 0 bridgehead atoms. The number of sulfone groups is 1. The molecule has 2 aromatic rings. The van der Waals surface area contributed by atoms with Crippen molar-refractivity contribution < 1.29 is 22.7 Å². The Morgan fingerprint density at radius 3 is 2.50 bits per heavy atom. The first-order valence-corrected chi connectivity index (χ1v) is 12.7. The Labute approximate surface area is 188 Å². The molecule has 168 valence electrons. The van der Waals surface area contributed by atoms with Gasteiger partial charge in [0.15, 0.2) is 15.6 Å². The Bertz CT molecular complexity index is 1220. The molecule has 5 rings (SSSR count). The highest BCUT2D eigenvalue weighted by Crippen LogP contribution is 2.42. The summed E-state index contributed by atoms with van der Waals surface area (Å²) in [5, 5.41) is 0. The second kappa shape index (κ2) is 7.46. The van der Waals surface area contributed by atoms with Crippen molar-refractivity contribution in [3.63, 3.8) is 0 Å². The van der Waals surface area contributed by atoms with Gasteiger partial charge in [0.2, 0.25) is 5.78 Å². The van der Waals surface area contributed by atoms with Crippen LogP contribution in [-0.2, 0) is 21.8 Å². The molecule has 0 radical (unpaired) electrons. The molecule has 0 spiro atoms. The van der Waals surface area contributed by atoms with Crippen LogP contribution in [0.5, 0.6) is 11.5 Å². The third kappa shape index (κ3) is 3.84. The van der Waals surface area contributed by atoms with E-state index in [4.69, 9.17) is 9.47 Å². The fraction of sp³-hybridized carbons (Fsp3) is 0.400. The molecule has 0 N–H and O–H groups in total. The third-order valence-electron chi connectivity index (χ3n) is 6.44. The normalized spacial score (nSPS) is 23.5. The highest BCUT2D eigenvalue weighted by atomic mass is 32.2. The summed E-state index contributed by atoms with van der Waals surface area (Å²) in [6.45, 7) is 7.32. The van der Waals surface area contributed by atoms with Crippen LogP contribution in [0.3, 0.4) is 0 Å². The van der Waals surface area contributed by atoms with E-state index >= 15 is 0 Å². The number of carbonyl (C=O) groups excluding carboxylic acids is 1. The van der Waals surface area contributed by atoms with E-state index < -0.39 is 9.84 Å². The van der Waals surface area contributed by atoms with Gasteiger partial charge in [-0.2, -0.15) is 0 Å². The minimum Gasteiger partial charge on any atom is -0.478 e. The maximum Gasteiger partial charge on any atom is 0.231 e.